The molecule has 0 aromatic heterocycles. The molecule has 10 heteroatoms. The minimum atomic E-state index is -3.77. The number of aliphatic carboxylic acids is 1. The summed E-state index contributed by atoms with van der Waals surface area (Å²) in [4.78, 5) is 24.7. The number of rotatable bonds is 12. The first kappa shape index (κ1) is 29.8. The lowest BCUT2D eigenvalue weighted by Gasteiger charge is -2.25. The van der Waals surface area contributed by atoms with Gasteiger partial charge in [-0.15, -0.1) is 0 Å². The summed E-state index contributed by atoms with van der Waals surface area (Å²) in [5.74, 6) is -1.28. The fourth-order valence-electron chi connectivity index (χ4n) is 4.98. The van der Waals surface area contributed by atoms with E-state index in [2.05, 4.69) is 21.2 Å². The summed E-state index contributed by atoms with van der Waals surface area (Å²) < 4.78 is 34.2. The summed E-state index contributed by atoms with van der Waals surface area (Å²) in [6.45, 7) is 4.31. The third-order valence-electron chi connectivity index (χ3n) is 6.85. The molecule has 212 valence electrons. The highest BCUT2D eigenvalue weighted by atomic mass is 79.9. The van der Waals surface area contributed by atoms with Crippen molar-refractivity contribution in [1.82, 2.24) is 9.62 Å². The number of amides is 1. The summed E-state index contributed by atoms with van der Waals surface area (Å²) >= 11 is 3.32. The molecule has 0 unspecified atom stereocenters. The molecule has 0 heterocycles. The van der Waals surface area contributed by atoms with Gasteiger partial charge in [0.25, 0.3) is 0 Å². The number of hydrogen-bond acceptors (Lipinski definition) is 5. The molecule has 0 saturated carbocycles. The van der Waals surface area contributed by atoms with Gasteiger partial charge in [0.2, 0.25) is 10.0 Å². The number of nitrogens with zero attached hydrogens (tertiary/aromatic N) is 1. The zero-order valence-corrected chi connectivity index (χ0v) is 24.8. The molecule has 1 atom stereocenters. The van der Waals surface area contributed by atoms with Crippen LogP contribution in [-0.2, 0) is 19.6 Å². The number of carboxylic acids is 1. The summed E-state index contributed by atoms with van der Waals surface area (Å²) in [7, 11) is -3.77. The molecule has 8 nitrogen and oxygen atoms in total. The first-order valence-electron chi connectivity index (χ1n) is 13.2. The minimum Gasteiger partial charge on any atom is -0.480 e. The quantitative estimate of drug-likeness (QED) is 0.259. The number of fused-ring (bicyclic) bond motifs is 3. The Bertz CT molecular complexity index is 1410. The van der Waals surface area contributed by atoms with E-state index in [-0.39, 0.29) is 49.3 Å². The Balaban J connectivity index is 1.36. The van der Waals surface area contributed by atoms with Crippen LogP contribution < -0.4 is 5.32 Å². The SMILES string of the molecule is CC(C)CN(CCC[C@H](NC(=O)OCC1c2ccccc2-c2ccccc21)C(=O)O)S(=O)(=O)c1ccc(Br)cc1. The number of alkyl carbamates (subject to hydrolysis) is 1. The van der Waals surface area contributed by atoms with Gasteiger partial charge in [0.1, 0.15) is 12.6 Å². The second kappa shape index (κ2) is 13.0. The summed E-state index contributed by atoms with van der Waals surface area (Å²) in [6, 6.07) is 21.1. The van der Waals surface area contributed by atoms with Crippen LogP contribution in [0.3, 0.4) is 0 Å². The molecule has 1 aliphatic carbocycles. The standard InChI is InChI=1S/C30H33BrN2O6S/c1-20(2)18-33(40(37,38)22-15-13-21(31)14-16-22)17-7-12-28(29(34)35)32-30(36)39-19-27-25-10-5-3-8-23(25)24-9-4-6-11-26(24)27/h3-6,8-11,13-16,20,27-28H,7,12,17-19H2,1-2H3,(H,32,36)(H,34,35)/t28-/m0/s1. The van der Waals surface area contributed by atoms with Crippen LogP contribution in [0, 0.1) is 5.92 Å². The second-order valence-corrected chi connectivity index (χ2v) is 13.1. The molecule has 0 spiro atoms. The third-order valence-corrected chi connectivity index (χ3v) is 9.26. The summed E-state index contributed by atoms with van der Waals surface area (Å²) in [6.07, 6.45) is -0.539. The minimum absolute atomic E-state index is 0.0456. The Kier molecular flexibility index (Phi) is 9.65. The topological polar surface area (TPSA) is 113 Å². The van der Waals surface area contributed by atoms with Gasteiger partial charge in [-0.25, -0.2) is 18.0 Å². The van der Waals surface area contributed by atoms with E-state index in [0.29, 0.717) is 0 Å². The van der Waals surface area contributed by atoms with Crippen molar-refractivity contribution >= 4 is 38.0 Å². The predicted molar refractivity (Wildman–Crippen MR) is 157 cm³/mol. The molecule has 0 fully saturated rings. The summed E-state index contributed by atoms with van der Waals surface area (Å²) in [5, 5.41) is 12.2. The average Bonchev–Trinajstić information content (AvgIpc) is 3.24. The second-order valence-electron chi connectivity index (χ2n) is 10.2. The van der Waals surface area contributed by atoms with E-state index in [9.17, 15) is 23.1 Å². The van der Waals surface area contributed by atoms with Gasteiger partial charge in [0.05, 0.1) is 4.90 Å². The van der Waals surface area contributed by atoms with Crippen molar-refractivity contribution < 1.29 is 27.9 Å². The fraction of sp³-hybridized carbons (Fsp3) is 0.333. The van der Waals surface area contributed by atoms with Crippen molar-refractivity contribution in [2.24, 2.45) is 5.92 Å². The van der Waals surface area contributed by atoms with Crippen molar-refractivity contribution in [3.8, 4) is 11.1 Å². The molecule has 0 aliphatic heterocycles. The largest absolute Gasteiger partial charge is 0.480 e. The highest BCUT2D eigenvalue weighted by molar-refractivity contribution is 9.10. The van der Waals surface area contributed by atoms with Gasteiger partial charge >= 0.3 is 12.1 Å². The Morgan fingerprint density at radius 1 is 0.975 bits per heavy atom. The van der Waals surface area contributed by atoms with Crippen LogP contribution in [0.25, 0.3) is 11.1 Å². The monoisotopic (exact) mass is 628 g/mol. The lowest BCUT2D eigenvalue weighted by molar-refractivity contribution is -0.139. The maximum Gasteiger partial charge on any atom is 0.407 e. The molecular weight excluding hydrogens is 596 g/mol. The van der Waals surface area contributed by atoms with Crippen LogP contribution in [0.15, 0.2) is 82.2 Å². The Morgan fingerprint density at radius 3 is 2.10 bits per heavy atom. The van der Waals surface area contributed by atoms with Crippen molar-refractivity contribution in [2.75, 3.05) is 19.7 Å². The molecule has 0 saturated heterocycles. The number of carbonyl (C=O) groups is 2. The van der Waals surface area contributed by atoms with Gasteiger partial charge in [-0.3, -0.25) is 0 Å². The Morgan fingerprint density at radius 2 is 1.55 bits per heavy atom. The van der Waals surface area contributed by atoms with Crippen molar-refractivity contribution in [1.29, 1.82) is 0 Å². The average molecular weight is 630 g/mol. The van der Waals surface area contributed by atoms with Gasteiger partial charge in [-0.2, -0.15) is 4.31 Å². The molecule has 0 bridgehead atoms. The van der Waals surface area contributed by atoms with E-state index in [1.165, 1.54) is 16.4 Å². The number of halogens is 1. The van der Waals surface area contributed by atoms with Gasteiger partial charge in [-0.1, -0.05) is 78.3 Å². The first-order chi connectivity index (χ1) is 19.1. The molecule has 3 aromatic carbocycles. The highest BCUT2D eigenvalue weighted by Gasteiger charge is 2.30. The van der Waals surface area contributed by atoms with E-state index >= 15 is 0 Å². The smallest absolute Gasteiger partial charge is 0.407 e. The van der Waals surface area contributed by atoms with E-state index in [1.807, 2.05) is 62.4 Å². The first-order valence-corrected chi connectivity index (χ1v) is 15.4. The van der Waals surface area contributed by atoms with Crippen LogP contribution >= 0.6 is 15.9 Å². The maximum atomic E-state index is 13.3. The molecule has 4 rings (SSSR count). The van der Waals surface area contributed by atoms with Gasteiger partial charge in [0, 0.05) is 23.5 Å². The molecular formula is C30H33BrN2O6S. The number of carbonyl (C=O) groups excluding carboxylic acids is 1. The maximum absolute atomic E-state index is 13.3. The number of carboxylic acid groups (broad SMARTS) is 1. The van der Waals surface area contributed by atoms with Crippen molar-refractivity contribution in [2.45, 2.75) is 43.5 Å². The van der Waals surface area contributed by atoms with Crippen LogP contribution in [0.1, 0.15) is 43.7 Å². The van der Waals surface area contributed by atoms with E-state index in [0.717, 1.165) is 26.7 Å². The normalized spacial score (nSPS) is 13.6. The van der Waals surface area contributed by atoms with Crippen molar-refractivity contribution in [3.05, 3.63) is 88.4 Å². The molecule has 2 N–H and O–H groups in total. The van der Waals surface area contributed by atoms with Gasteiger partial charge in [-0.05, 0) is 65.3 Å². The van der Waals surface area contributed by atoms with Crippen LogP contribution in [0.4, 0.5) is 4.79 Å². The predicted octanol–water partition coefficient (Wildman–Crippen LogP) is 5.87. The zero-order valence-electron chi connectivity index (χ0n) is 22.4. The van der Waals surface area contributed by atoms with Gasteiger partial charge < -0.3 is 15.2 Å². The lowest BCUT2D eigenvalue weighted by atomic mass is 9.98. The van der Waals surface area contributed by atoms with Crippen LogP contribution in [0.5, 0.6) is 0 Å². The molecule has 1 aliphatic rings. The van der Waals surface area contributed by atoms with E-state index < -0.39 is 28.1 Å². The fourth-order valence-corrected chi connectivity index (χ4v) is 6.89. The molecule has 0 radical (unpaired) electrons. The molecule has 1 amide bonds. The number of sulfonamides is 1. The highest BCUT2D eigenvalue weighted by Crippen LogP contribution is 2.44. The van der Waals surface area contributed by atoms with Crippen LogP contribution in [0.2, 0.25) is 0 Å². The van der Waals surface area contributed by atoms with Crippen LogP contribution in [-0.4, -0.2) is 55.6 Å². The Labute approximate surface area is 243 Å². The van der Waals surface area contributed by atoms with Gasteiger partial charge in [0.15, 0.2) is 0 Å². The number of ether oxygens (including phenoxy) is 1. The number of hydrogen-bond donors (Lipinski definition) is 2. The van der Waals surface area contributed by atoms with E-state index in [4.69, 9.17) is 4.74 Å². The van der Waals surface area contributed by atoms with E-state index in [1.54, 1.807) is 12.1 Å². The number of benzene rings is 3. The zero-order chi connectivity index (χ0) is 28.9. The summed E-state index contributed by atoms with van der Waals surface area (Å²) in [5.41, 5.74) is 4.31. The lowest BCUT2D eigenvalue weighted by Crippen LogP contribution is -2.42. The molecule has 3 aromatic rings. The molecule has 40 heavy (non-hydrogen) atoms. The van der Waals surface area contributed by atoms with Crippen molar-refractivity contribution in [3.63, 3.8) is 0 Å². The Hall–Kier alpha value is -3.21. The number of nitrogens with one attached hydrogen (secondary N) is 1. The third kappa shape index (κ3) is 6.92.